The first-order valence-corrected chi connectivity index (χ1v) is 9.01. The molecule has 0 spiro atoms. The first-order valence-electron chi connectivity index (χ1n) is 9.01. The molecule has 1 aromatic heterocycles. The number of carbonyl (C=O) groups is 1. The Hall–Kier alpha value is -2.64. The van der Waals surface area contributed by atoms with Crippen LogP contribution in [0.2, 0.25) is 0 Å². The summed E-state index contributed by atoms with van der Waals surface area (Å²) in [6.45, 7) is 2.54. The van der Waals surface area contributed by atoms with Crippen molar-refractivity contribution in [2.75, 3.05) is 0 Å². The van der Waals surface area contributed by atoms with E-state index in [1.54, 1.807) is 0 Å². The maximum atomic E-state index is 12.1. The van der Waals surface area contributed by atoms with Gasteiger partial charge in [0.05, 0.1) is 16.5 Å². The summed E-state index contributed by atoms with van der Waals surface area (Å²) in [4.78, 5) is 34.4. The van der Waals surface area contributed by atoms with E-state index in [-0.39, 0.29) is 23.2 Å². The smallest absolute Gasteiger partial charge is 0.407 e. The Morgan fingerprint density at radius 3 is 2.96 bits per heavy atom. The summed E-state index contributed by atoms with van der Waals surface area (Å²) >= 11 is 0. The fourth-order valence-corrected chi connectivity index (χ4v) is 3.64. The van der Waals surface area contributed by atoms with Crippen molar-refractivity contribution in [3.63, 3.8) is 0 Å². The molecule has 140 valence electrons. The van der Waals surface area contributed by atoms with Crippen molar-refractivity contribution >= 4 is 22.7 Å². The van der Waals surface area contributed by atoms with E-state index in [2.05, 4.69) is 12.2 Å². The number of benzene rings is 1. The zero-order valence-electron chi connectivity index (χ0n) is 14.8. The average molecular weight is 361 g/mol. The Kier molecular flexibility index (Phi) is 5.39. The molecule has 1 aliphatic rings. The van der Waals surface area contributed by atoms with Crippen LogP contribution in [-0.2, 0) is 11.3 Å². The van der Waals surface area contributed by atoms with Crippen LogP contribution in [-0.4, -0.2) is 21.4 Å². The molecule has 0 radical (unpaired) electrons. The quantitative estimate of drug-likeness (QED) is 0.629. The molecule has 2 unspecified atom stereocenters. The highest BCUT2D eigenvalue weighted by atomic mass is 16.6. The van der Waals surface area contributed by atoms with Gasteiger partial charge in [0.25, 0.3) is 5.69 Å². The van der Waals surface area contributed by atoms with Gasteiger partial charge in [-0.1, -0.05) is 19.8 Å². The van der Waals surface area contributed by atoms with Gasteiger partial charge in [-0.05, 0) is 31.2 Å². The number of rotatable bonds is 6. The maximum absolute atomic E-state index is 12.1. The fraction of sp³-hybridized carbons (Fsp3) is 0.556. The van der Waals surface area contributed by atoms with Gasteiger partial charge in [0, 0.05) is 25.1 Å². The van der Waals surface area contributed by atoms with Crippen molar-refractivity contribution in [3.05, 3.63) is 38.9 Å². The molecule has 2 atom stereocenters. The van der Waals surface area contributed by atoms with E-state index in [1.165, 1.54) is 29.2 Å². The number of fused-ring (bicyclic) bond motifs is 1. The third-order valence-electron chi connectivity index (χ3n) is 4.95. The number of oxazole rings is 1. The number of nitro benzene ring substituents is 1. The molecule has 1 aliphatic carbocycles. The highest BCUT2D eigenvalue weighted by molar-refractivity contribution is 5.77. The fourth-order valence-electron chi connectivity index (χ4n) is 3.64. The summed E-state index contributed by atoms with van der Waals surface area (Å²) in [5.41, 5.74) is 0.562. The highest BCUT2D eigenvalue weighted by Gasteiger charge is 2.20. The van der Waals surface area contributed by atoms with Gasteiger partial charge < -0.3 is 9.73 Å². The van der Waals surface area contributed by atoms with E-state index in [0.29, 0.717) is 30.8 Å². The number of nitro groups is 1. The number of nitrogens with one attached hydrogen (secondary N) is 1. The van der Waals surface area contributed by atoms with Crippen LogP contribution in [0.3, 0.4) is 0 Å². The van der Waals surface area contributed by atoms with Gasteiger partial charge in [-0.25, -0.2) is 4.79 Å². The lowest BCUT2D eigenvalue weighted by Crippen LogP contribution is -2.38. The maximum Gasteiger partial charge on any atom is 0.419 e. The number of amides is 1. The zero-order valence-corrected chi connectivity index (χ0v) is 14.8. The highest BCUT2D eigenvalue weighted by Crippen LogP contribution is 2.23. The van der Waals surface area contributed by atoms with Crippen molar-refractivity contribution in [1.29, 1.82) is 0 Å². The molecular formula is C18H23N3O5. The van der Waals surface area contributed by atoms with E-state index in [1.807, 2.05) is 0 Å². The van der Waals surface area contributed by atoms with E-state index in [4.69, 9.17) is 4.42 Å². The molecule has 8 heteroatoms. The molecule has 1 aromatic carbocycles. The van der Waals surface area contributed by atoms with Crippen molar-refractivity contribution in [1.82, 2.24) is 9.88 Å². The first kappa shape index (κ1) is 18.2. The molecule has 26 heavy (non-hydrogen) atoms. The predicted octanol–water partition coefficient (Wildman–Crippen LogP) is 2.98. The molecule has 1 heterocycles. The van der Waals surface area contributed by atoms with Gasteiger partial charge in [-0.3, -0.25) is 19.5 Å². The second-order valence-corrected chi connectivity index (χ2v) is 7.07. The van der Waals surface area contributed by atoms with E-state index < -0.39 is 10.7 Å². The summed E-state index contributed by atoms with van der Waals surface area (Å²) < 4.78 is 6.49. The Bertz CT molecular complexity index is 869. The Balaban J connectivity index is 1.57. The molecule has 0 aliphatic heterocycles. The normalized spacial score (nSPS) is 20.2. The molecule has 8 nitrogen and oxygen atoms in total. The Morgan fingerprint density at radius 1 is 1.42 bits per heavy atom. The van der Waals surface area contributed by atoms with Crippen molar-refractivity contribution in [2.45, 2.75) is 58.0 Å². The van der Waals surface area contributed by atoms with E-state index >= 15 is 0 Å². The monoisotopic (exact) mass is 361 g/mol. The number of nitrogens with zero attached hydrogens (tertiary/aromatic N) is 2. The van der Waals surface area contributed by atoms with Gasteiger partial charge >= 0.3 is 5.76 Å². The number of hydrogen-bond acceptors (Lipinski definition) is 5. The van der Waals surface area contributed by atoms with Gasteiger partial charge in [0.2, 0.25) is 5.91 Å². The van der Waals surface area contributed by atoms with Crippen LogP contribution in [0.5, 0.6) is 0 Å². The molecule has 3 rings (SSSR count). The second-order valence-electron chi connectivity index (χ2n) is 7.07. The van der Waals surface area contributed by atoms with Crippen LogP contribution < -0.4 is 11.1 Å². The Labute approximate surface area is 150 Å². The molecular weight excluding hydrogens is 338 g/mol. The molecule has 1 saturated carbocycles. The summed E-state index contributed by atoms with van der Waals surface area (Å²) in [6, 6.07) is 4.33. The Morgan fingerprint density at radius 2 is 2.23 bits per heavy atom. The minimum atomic E-state index is -0.568. The summed E-state index contributed by atoms with van der Waals surface area (Å²) in [7, 11) is 0. The van der Waals surface area contributed by atoms with Crippen molar-refractivity contribution in [3.8, 4) is 0 Å². The van der Waals surface area contributed by atoms with Crippen LogP contribution in [0.4, 0.5) is 5.69 Å². The number of aryl methyl sites for hydroxylation is 1. The lowest BCUT2D eigenvalue weighted by Gasteiger charge is -2.27. The molecule has 1 N–H and O–H groups in total. The van der Waals surface area contributed by atoms with Gasteiger partial charge in [-0.2, -0.15) is 0 Å². The van der Waals surface area contributed by atoms with Gasteiger partial charge in [0.1, 0.15) is 0 Å². The topological polar surface area (TPSA) is 107 Å². The lowest BCUT2D eigenvalue weighted by molar-refractivity contribution is -0.384. The van der Waals surface area contributed by atoms with Crippen LogP contribution >= 0.6 is 0 Å². The third kappa shape index (κ3) is 4.12. The number of hydrogen-bond donors (Lipinski definition) is 1. The van der Waals surface area contributed by atoms with Gasteiger partial charge in [-0.15, -0.1) is 0 Å². The lowest BCUT2D eigenvalue weighted by atomic mass is 9.87. The van der Waals surface area contributed by atoms with Crippen LogP contribution in [0.15, 0.2) is 27.4 Å². The average Bonchev–Trinajstić information content (AvgIpc) is 2.89. The summed E-state index contributed by atoms with van der Waals surface area (Å²) in [5.74, 6) is 0.0802. The zero-order chi connectivity index (χ0) is 18.7. The molecule has 1 amide bonds. The van der Waals surface area contributed by atoms with Gasteiger partial charge in [0.15, 0.2) is 5.58 Å². The summed E-state index contributed by atoms with van der Waals surface area (Å²) in [5, 5.41) is 13.9. The third-order valence-corrected chi connectivity index (χ3v) is 4.95. The number of aromatic nitrogens is 1. The SMILES string of the molecule is CC1CCCC(NC(=O)CCCn2c(=O)oc3cc([N+](=O)[O-])ccc32)C1. The molecule has 0 saturated heterocycles. The van der Waals surface area contributed by atoms with Crippen LogP contribution in [0.1, 0.15) is 45.4 Å². The molecule has 1 fully saturated rings. The number of carbonyl (C=O) groups excluding carboxylic acids is 1. The summed E-state index contributed by atoms with van der Waals surface area (Å²) in [6.07, 6.45) is 5.25. The van der Waals surface area contributed by atoms with Crippen LogP contribution in [0.25, 0.3) is 11.1 Å². The van der Waals surface area contributed by atoms with E-state index in [0.717, 1.165) is 19.3 Å². The standard InChI is InChI=1S/C18H23N3O5/c1-12-4-2-5-13(10-12)19-17(22)6-3-9-20-15-8-7-14(21(24)25)11-16(15)26-18(20)23/h7-8,11-13H,2-6,9-10H2,1H3,(H,19,22). The minimum Gasteiger partial charge on any atom is -0.407 e. The van der Waals surface area contributed by atoms with E-state index in [9.17, 15) is 19.7 Å². The minimum absolute atomic E-state index is 0.000544. The van der Waals surface area contributed by atoms with Crippen molar-refractivity contribution in [2.24, 2.45) is 5.92 Å². The predicted molar refractivity (Wildman–Crippen MR) is 95.9 cm³/mol. The molecule has 2 aromatic rings. The molecule has 0 bridgehead atoms. The largest absolute Gasteiger partial charge is 0.419 e. The first-order chi connectivity index (χ1) is 12.4. The second kappa shape index (κ2) is 7.72. The van der Waals surface area contributed by atoms with Crippen molar-refractivity contribution < 1.29 is 14.1 Å². The van der Waals surface area contributed by atoms with Crippen LogP contribution in [0, 0.1) is 16.0 Å². The number of non-ortho nitro benzene ring substituents is 1.